The highest BCUT2D eigenvalue weighted by Crippen LogP contribution is 2.04. The van der Waals surface area contributed by atoms with E-state index in [9.17, 15) is 4.79 Å². The van der Waals surface area contributed by atoms with Gasteiger partial charge in [-0.3, -0.25) is 14.8 Å². The summed E-state index contributed by atoms with van der Waals surface area (Å²) in [6.07, 6.45) is 7.03. The van der Waals surface area contributed by atoms with Gasteiger partial charge in [0.1, 0.15) is 0 Å². The zero-order valence-electron chi connectivity index (χ0n) is 8.13. The molecule has 74 valence electrons. The van der Waals surface area contributed by atoms with Crippen molar-refractivity contribution in [2.45, 2.75) is 6.42 Å². The van der Waals surface area contributed by atoms with Gasteiger partial charge in [-0.05, 0) is 23.8 Å². The van der Waals surface area contributed by atoms with Crippen LogP contribution in [0.5, 0.6) is 0 Å². The van der Waals surface area contributed by atoms with E-state index in [1.165, 1.54) is 0 Å². The lowest BCUT2D eigenvalue weighted by Gasteiger charge is -1.99. The number of rotatable bonds is 3. The maximum Gasteiger partial charge on any atom is 0.167 e. The second-order valence-corrected chi connectivity index (χ2v) is 3.20. The maximum atomic E-state index is 11.8. The lowest BCUT2D eigenvalue weighted by Crippen LogP contribution is -2.03. The van der Waals surface area contributed by atoms with Crippen molar-refractivity contribution in [1.82, 2.24) is 9.97 Å². The average molecular weight is 198 g/mol. The molecule has 0 N–H and O–H groups in total. The summed E-state index contributed by atoms with van der Waals surface area (Å²) in [5.41, 5.74) is 1.62. The van der Waals surface area contributed by atoms with Gasteiger partial charge in [-0.15, -0.1) is 0 Å². The number of nitrogens with zero attached hydrogens (tertiary/aromatic N) is 2. The number of carbonyl (C=O) groups is 1. The number of hydrogen-bond acceptors (Lipinski definition) is 3. The molecule has 2 aromatic heterocycles. The van der Waals surface area contributed by atoms with Gasteiger partial charge in [-0.25, -0.2) is 0 Å². The summed E-state index contributed by atoms with van der Waals surface area (Å²) in [5.74, 6) is 0.0883. The van der Waals surface area contributed by atoms with Crippen LogP contribution in [-0.4, -0.2) is 15.8 Å². The second-order valence-electron chi connectivity index (χ2n) is 3.20. The zero-order valence-corrected chi connectivity index (χ0v) is 8.13. The average Bonchev–Trinajstić information content (AvgIpc) is 2.31. The fourth-order valence-corrected chi connectivity index (χ4v) is 1.33. The van der Waals surface area contributed by atoms with Crippen LogP contribution in [0.4, 0.5) is 0 Å². The van der Waals surface area contributed by atoms with Gasteiger partial charge in [0.05, 0.1) is 0 Å². The summed E-state index contributed by atoms with van der Waals surface area (Å²) in [6, 6.07) is 7.17. The first kappa shape index (κ1) is 9.52. The number of hydrogen-bond donors (Lipinski definition) is 0. The minimum Gasteiger partial charge on any atom is -0.294 e. The minimum absolute atomic E-state index is 0.0883. The van der Waals surface area contributed by atoms with Crippen molar-refractivity contribution in [2.24, 2.45) is 0 Å². The smallest absolute Gasteiger partial charge is 0.167 e. The predicted octanol–water partition coefficient (Wildman–Crippen LogP) is 1.90. The van der Waals surface area contributed by atoms with Gasteiger partial charge >= 0.3 is 0 Å². The first-order valence-corrected chi connectivity index (χ1v) is 4.68. The van der Waals surface area contributed by atoms with Crippen molar-refractivity contribution in [3.05, 3.63) is 60.2 Å². The molecule has 0 spiro atoms. The molecule has 2 rings (SSSR count). The SMILES string of the molecule is O=C(Cc1cccnc1)c1ccncc1. The van der Waals surface area contributed by atoms with E-state index in [1.807, 2.05) is 12.1 Å². The van der Waals surface area contributed by atoms with Crippen molar-refractivity contribution in [3.63, 3.8) is 0 Å². The Labute approximate surface area is 87.8 Å². The van der Waals surface area contributed by atoms with Crippen LogP contribution in [0, 0.1) is 0 Å². The number of Topliss-reactive ketones (excluding diaryl/α,β-unsaturated/α-hetero) is 1. The Bertz CT molecular complexity index is 440. The van der Waals surface area contributed by atoms with Gasteiger partial charge < -0.3 is 0 Å². The monoisotopic (exact) mass is 198 g/mol. The molecule has 3 heteroatoms. The van der Waals surface area contributed by atoms with Gasteiger partial charge in [0, 0.05) is 36.8 Å². The van der Waals surface area contributed by atoms with Crippen molar-refractivity contribution in [1.29, 1.82) is 0 Å². The Morgan fingerprint density at radius 3 is 2.53 bits per heavy atom. The summed E-state index contributed by atoms with van der Waals surface area (Å²) in [7, 11) is 0. The molecule has 2 aromatic rings. The molecule has 0 amide bonds. The van der Waals surface area contributed by atoms with Crippen LogP contribution in [0.15, 0.2) is 49.1 Å². The van der Waals surface area contributed by atoms with E-state index in [0.29, 0.717) is 12.0 Å². The Hall–Kier alpha value is -2.03. The second kappa shape index (κ2) is 4.46. The minimum atomic E-state index is 0.0883. The molecule has 0 radical (unpaired) electrons. The van der Waals surface area contributed by atoms with Crippen molar-refractivity contribution >= 4 is 5.78 Å². The number of aromatic nitrogens is 2. The molecule has 0 saturated carbocycles. The van der Waals surface area contributed by atoms with Gasteiger partial charge in [-0.1, -0.05) is 6.07 Å². The standard InChI is InChI=1S/C12H10N2O/c15-12(11-3-6-13-7-4-11)8-10-2-1-5-14-9-10/h1-7,9H,8H2. The Morgan fingerprint density at radius 1 is 1.07 bits per heavy atom. The Balaban J connectivity index is 2.12. The fourth-order valence-electron chi connectivity index (χ4n) is 1.33. The quantitative estimate of drug-likeness (QED) is 0.707. The molecule has 0 saturated heterocycles. The Kier molecular flexibility index (Phi) is 2.83. The summed E-state index contributed by atoms with van der Waals surface area (Å²) in [5, 5.41) is 0. The van der Waals surface area contributed by atoms with Crippen LogP contribution in [0.2, 0.25) is 0 Å². The lowest BCUT2D eigenvalue weighted by molar-refractivity contribution is 0.0993. The third-order valence-corrected chi connectivity index (χ3v) is 2.09. The molecule has 0 fully saturated rings. The molecule has 3 nitrogen and oxygen atoms in total. The van der Waals surface area contributed by atoms with Gasteiger partial charge in [0.15, 0.2) is 5.78 Å². The molecule has 0 unspecified atom stereocenters. The van der Waals surface area contributed by atoms with Crippen LogP contribution in [0.1, 0.15) is 15.9 Å². The van der Waals surface area contributed by atoms with E-state index in [2.05, 4.69) is 9.97 Å². The van der Waals surface area contributed by atoms with Crippen LogP contribution in [-0.2, 0) is 6.42 Å². The molecule has 0 aromatic carbocycles. The zero-order chi connectivity index (χ0) is 10.5. The molecule has 0 aliphatic carbocycles. The summed E-state index contributed by atoms with van der Waals surface area (Å²) in [6.45, 7) is 0. The van der Waals surface area contributed by atoms with E-state index in [0.717, 1.165) is 5.56 Å². The van der Waals surface area contributed by atoms with E-state index < -0.39 is 0 Å². The summed E-state index contributed by atoms with van der Waals surface area (Å²) >= 11 is 0. The topological polar surface area (TPSA) is 42.9 Å². The van der Waals surface area contributed by atoms with Crippen LogP contribution in [0.25, 0.3) is 0 Å². The van der Waals surface area contributed by atoms with E-state index >= 15 is 0 Å². The predicted molar refractivity (Wildman–Crippen MR) is 56.5 cm³/mol. The van der Waals surface area contributed by atoms with E-state index in [4.69, 9.17) is 0 Å². The van der Waals surface area contributed by atoms with Crippen molar-refractivity contribution in [2.75, 3.05) is 0 Å². The first-order chi connectivity index (χ1) is 7.36. The highest BCUT2D eigenvalue weighted by Gasteiger charge is 2.05. The third kappa shape index (κ3) is 2.47. The molecular formula is C12H10N2O. The molecule has 0 aliphatic rings. The largest absolute Gasteiger partial charge is 0.294 e. The number of ketones is 1. The normalized spacial score (nSPS) is 9.87. The first-order valence-electron chi connectivity index (χ1n) is 4.68. The van der Waals surface area contributed by atoms with Gasteiger partial charge in [-0.2, -0.15) is 0 Å². The van der Waals surface area contributed by atoms with E-state index in [-0.39, 0.29) is 5.78 Å². The third-order valence-electron chi connectivity index (χ3n) is 2.09. The van der Waals surface area contributed by atoms with Gasteiger partial charge in [0.2, 0.25) is 0 Å². The number of carbonyl (C=O) groups excluding carboxylic acids is 1. The highest BCUT2D eigenvalue weighted by atomic mass is 16.1. The molecule has 2 heterocycles. The van der Waals surface area contributed by atoms with E-state index in [1.54, 1.807) is 36.9 Å². The summed E-state index contributed by atoms with van der Waals surface area (Å²) in [4.78, 5) is 19.6. The van der Waals surface area contributed by atoms with Crippen LogP contribution in [0.3, 0.4) is 0 Å². The summed E-state index contributed by atoms with van der Waals surface area (Å²) < 4.78 is 0. The van der Waals surface area contributed by atoms with Crippen molar-refractivity contribution in [3.8, 4) is 0 Å². The van der Waals surface area contributed by atoms with Crippen LogP contribution < -0.4 is 0 Å². The molecule has 0 bridgehead atoms. The lowest BCUT2D eigenvalue weighted by atomic mass is 10.1. The maximum absolute atomic E-state index is 11.8. The Morgan fingerprint density at radius 2 is 1.87 bits per heavy atom. The molecule has 0 atom stereocenters. The molecule has 0 aliphatic heterocycles. The van der Waals surface area contributed by atoms with Crippen LogP contribution >= 0.6 is 0 Å². The van der Waals surface area contributed by atoms with Gasteiger partial charge in [0.25, 0.3) is 0 Å². The molecule has 15 heavy (non-hydrogen) atoms. The van der Waals surface area contributed by atoms with Crippen molar-refractivity contribution < 1.29 is 4.79 Å². The molecular weight excluding hydrogens is 188 g/mol. The highest BCUT2D eigenvalue weighted by molar-refractivity contribution is 5.97. The fraction of sp³-hybridized carbons (Fsp3) is 0.0833. The number of pyridine rings is 2.